The molecule has 1 spiro atoms. The molecule has 1 aromatic heterocycles. The smallest absolute Gasteiger partial charge is 0.0723 e. The Morgan fingerprint density at radius 3 is 2.70 bits per heavy atom. The van der Waals surface area contributed by atoms with Gasteiger partial charge in [0.05, 0.1) is 18.4 Å². The lowest BCUT2D eigenvalue weighted by Crippen LogP contribution is -2.44. The van der Waals surface area contributed by atoms with Gasteiger partial charge in [0.25, 0.3) is 0 Å². The van der Waals surface area contributed by atoms with Gasteiger partial charge in [0.1, 0.15) is 0 Å². The second-order valence-corrected chi connectivity index (χ2v) is 6.61. The van der Waals surface area contributed by atoms with Crippen LogP contribution in [0.25, 0.3) is 0 Å². The van der Waals surface area contributed by atoms with Crippen molar-refractivity contribution >= 4 is 0 Å². The van der Waals surface area contributed by atoms with Gasteiger partial charge < -0.3 is 9.64 Å². The predicted molar refractivity (Wildman–Crippen MR) is 78.5 cm³/mol. The van der Waals surface area contributed by atoms with E-state index in [1.807, 2.05) is 17.9 Å². The molecular formula is C15H26N4O. The summed E-state index contributed by atoms with van der Waals surface area (Å²) in [5, 5.41) is 4.24. The van der Waals surface area contributed by atoms with Crippen LogP contribution in [0, 0.1) is 0 Å². The molecule has 0 aliphatic carbocycles. The van der Waals surface area contributed by atoms with Crippen LogP contribution in [0.3, 0.4) is 0 Å². The van der Waals surface area contributed by atoms with Crippen molar-refractivity contribution in [3.8, 4) is 0 Å². The van der Waals surface area contributed by atoms with Crippen LogP contribution in [0.1, 0.15) is 24.8 Å². The molecule has 3 rings (SSSR count). The molecule has 5 heteroatoms. The number of aryl methyl sites for hydroxylation is 1. The van der Waals surface area contributed by atoms with Crippen LogP contribution in [-0.4, -0.2) is 65.0 Å². The minimum Gasteiger partial charge on any atom is -0.373 e. The van der Waals surface area contributed by atoms with Crippen molar-refractivity contribution in [2.75, 3.05) is 33.8 Å². The third-order valence-corrected chi connectivity index (χ3v) is 4.85. The third kappa shape index (κ3) is 2.90. The molecular weight excluding hydrogens is 252 g/mol. The highest BCUT2D eigenvalue weighted by Gasteiger charge is 2.43. The van der Waals surface area contributed by atoms with Crippen molar-refractivity contribution < 1.29 is 4.74 Å². The molecule has 2 aliphatic heterocycles. The molecule has 112 valence electrons. The van der Waals surface area contributed by atoms with E-state index in [1.54, 1.807) is 0 Å². The van der Waals surface area contributed by atoms with E-state index in [0.29, 0.717) is 6.04 Å². The van der Waals surface area contributed by atoms with Gasteiger partial charge >= 0.3 is 0 Å². The van der Waals surface area contributed by atoms with E-state index < -0.39 is 0 Å². The number of nitrogens with zero attached hydrogens (tertiary/aromatic N) is 4. The zero-order chi connectivity index (χ0) is 14.2. The number of ether oxygens (including phenoxy) is 1. The van der Waals surface area contributed by atoms with Crippen LogP contribution in [0.4, 0.5) is 0 Å². The fraction of sp³-hybridized carbons (Fsp3) is 0.800. The second-order valence-electron chi connectivity index (χ2n) is 6.61. The lowest BCUT2D eigenvalue weighted by molar-refractivity contribution is -0.0451. The Morgan fingerprint density at radius 2 is 2.15 bits per heavy atom. The van der Waals surface area contributed by atoms with Crippen molar-refractivity contribution in [1.82, 2.24) is 19.6 Å². The van der Waals surface area contributed by atoms with E-state index in [2.05, 4.69) is 35.2 Å². The number of aromatic nitrogens is 2. The monoisotopic (exact) mass is 278 g/mol. The summed E-state index contributed by atoms with van der Waals surface area (Å²) < 4.78 is 8.05. The standard InChI is InChI=1S/C15H26N4O/c1-17(2)14-8-15(20-12-14)4-6-19(7-5-15)11-13-9-16-18(3)10-13/h9-10,14H,4-8,11-12H2,1-3H3. The quantitative estimate of drug-likeness (QED) is 0.829. The third-order valence-electron chi connectivity index (χ3n) is 4.85. The van der Waals surface area contributed by atoms with Gasteiger partial charge in [0, 0.05) is 44.5 Å². The number of hydrogen-bond donors (Lipinski definition) is 0. The maximum absolute atomic E-state index is 6.17. The first kappa shape index (κ1) is 14.0. The van der Waals surface area contributed by atoms with E-state index in [4.69, 9.17) is 4.74 Å². The van der Waals surface area contributed by atoms with Crippen molar-refractivity contribution in [3.05, 3.63) is 18.0 Å². The molecule has 2 fully saturated rings. The summed E-state index contributed by atoms with van der Waals surface area (Å²) in [6, 6.07) is 0.597. The molecule has 0 radical (unpaired) electrons. The maximum Gasteiger partial charge on any atom is 0.0723 e. The average molecular weight is 278 g/mol. The Kier molecular flexibility index (Phi) is 3.84. The molecule has 2 aliphatic rings. The number of rotatable bonds is 3. The summed E-state index contributed by atoms with van der Waals surface area (Å²) in [5.41, 5.74) is 1.46. The summed E-state index contributed by atoms with van der Waals surface area (Å²) in [4.78, 5) is 4.82. The lowest BCUT2D eigenvalue weighted by Gasteiger charge is -2.38. The SMILES string of the molecule is CN(C)C1COC2(CCN(Cc3cnn(C)c3)CC2)C1. The molecule has 3 heterocycles. The van der Waals surface area contributed by atoms with Gasteiger partial charge in [-0.3, -0.25) is 9.58 Å². The maximum atomic E-state index is 6.17. The van der Waals surface area contributed by atoms with Crippen LogP contribution in [0.15, 0.2) is 12.4 Å². The summed E-state index contributed by atoms with van der Waals surface area (Å²) >= 11 is 0. The molecule has 2 saturated heterocycles. The second kappa shape index (κ2) is 5.47. The highest BCUT2D eigenvalue weighted by atomic mass is 16.5. The van der Waals surface area contributed by atoms with Gasteiger partial charge in [-0.25, -0.2) is 0 Å². The zero-order valence-electron chi connectivity index (χ0n) is 12.9. The topological polar surface area (TPSA) is 33.5 Å². The summed E-state index contributed by atoms with van der Waals surface area (Å²) in [6.45, 7) is 4.18. The first-order valence-electron chi connectivity index (χ1n) is 7.57. The summed E-state index contributed by atoms with van der Waals surface area (Å²) in [5.74, 6) is 0. The van der Waals surface area contributed by atoms with E-state index in [-0.39, 0.29) is 5.60 Å². The van der Waals surface area contributed by atoms with Crippen LogP contribution >= 0.6 is 0 Å². The van der Waals surface area contributed by atoms with Crippen LogP contribution in [-0.2, 0) is 18.3 Å². The fourth-order valence-corrected chi connectivity index (χ4v) is 3.43. The van der Waals surface area contributed by atoms with Gasteiger partial charge in [-0.2, -0.15) is 5.10 Å². The minimum absolute atomic E-state index is 0.153. The van der Waals surface area contributed by atoms with Crippen LogP contribution in [0.5, 0.6) is 0 Å². The molecule has 1 unspecified atom stereocenters. The first-order chi connectivity index (χ1) is 9.56. The van der Waals surface area contributed by atoms with Crippen LogP contribution in [0.2, 0.25) is 0 Å². The Labute approximate surface area is 121 Å². The predicted octanol–water partition coefficient (Wildman–Crippen LogP) is 1.11. The van der Waals surface area contributed by atoms with Crippen molar-refractivity contribution in [2.24, 2.45) is 7.05 Å². The van der Waals surface area contributed by atoms with E-state index >= 15 is 0 Å². The fourth-order valence-electron chi connectivity index (χ4n) is 3.43. The molecule has 20 heavy (non-hydrogen) atoms. The number of likely N-dealkylation sites (N-methyl/N-ethyl adjacent to an activating group) is 1. The van der Waals surface area contributed by atoms with E-state index in [0.717, 1.165) is 39.1 Å². The summed E-state index contributed by atoms with van der Waals surface area (Å²) in [6.07, 6.45) is 7.60. The first-order valence-corrected chi connectivity index (χ1v) is 7.57. The minimum atomic E-state index is 0.153. The molecule has 0 aromatic carbocycles. The van der Waals surface area contributed by atoms with Gasteiger partial charge in [-0.1, -0.05) is 0 Å². The Hall–Kier alpha value is -0.910. The Bertz CT molecular complexity index is 448. The highest BCUT2D eigenvalue weighted by molar-refractivity contribution is 5.04. The average Bonchev–Trinajstić information content (AvgIpc) is 3.00. The molecule has 0 amide bonds. The molecule has 0 bridgehead atoms. The van der Waals surface area contributed by atoms with E-state index in [1.165, 1.54) is 12.0 Å². The van der Waals surface area contributed by atoms with Gasteiger partial charge in [-0.05, 0) is 33.4 Å². The van der Waals surface area contributed by atoms with Crippen molar-refractivity contribution in [2.45, 2.75) is 37.5 Å². The Morgan fingerprint density at radius 1 is 1.40 bits per heavy atom. The number of likely N-dealkylation sites (tertiary alicyclic amines) is 1. The molecule has 0 saturated carbocycles. The molecule has 1 aromatic rings. The van der Waals surface area contributed by atoms with Gasteiger partial charge in [-0.15, -0.1) is 0 Å². The van der Waals surface area contributed by atoms with Crippen molar-refractivity contribution in [1.29, 1.82) is 0 Å². The molecule has 1 atom stereocenters. The zero-order valence-corrected chi connectivity index (χ0v) is 12.9. The normalized spacial score (nSPS) is 26.7. The lowest BCUT2D eigenvalue weighted by atomic mass is 9.87. The van der Waals surface area contributed by atoms with Crippen LogP contribution < -0.4 is 0 Å². The number of piperidine rings is 1. The van der Waals surface area contributed by atoms with Crippen molar-refractivity contribution in [3.63, 3.8) is 0 Å². The Balaban J connectivity index is 1.52. The largest absolute Gasteiger partial charge is 0.373 e. The molecule has 5 nitrogen and oxygen atoms in total. The van der Waals surface area contributed by atoms with E-state index in [9.17, 15) is 0 Å². The molecule has 0 N–H and O–H groups in total. The van der Waals surface area contributed by atoms with Gasteiger partial charge in [0.15, 0.2) is 0 Å². The number of hydrogen-bond acceptors (Lipinski definition) is 4. The van der Waals surface area contributed by atoms with Gasteiger partial charge in [0.2, 0.25) is 0 Å². The summed E-state index contributed by atoms with van der Waals surface area (Å²) in [7, 11) is 6.29. The highest BCUT2D eigenvalue weighted by Crippen LogP contribution is 2.37.